The summed E-state index contributed by atoms with van der Waals surface area (Å²) in [6.45, 7) is -0.0926. The van der Waals surface area contributed by atoms with Crippen molar-refractivity contribution in [1.29, 1.82) is 0 Å². The molecule has 96 valence electrons. The van der Waals surface area contributed by atoms with Gasteiger partial charge in [-0.25, -0.2) is 13.1 Å². The van der Waals surface area contributed by atoms with E-state index in [0.717, 1.165) is 6.26 Å². The number of aromatic nitrogens is 4. The van der Waals surface area contributed by atoms with Crippen LogP contribution in [0.5, 0.6) is 0 Å². The highest BCUT2D eigenvalue weighted by atomic mass is 32.2. The number of sulfone groups is 1. The maximum absolute atomic E-state index is 11.0. The Bertz CT molecular complexity index is 484. The largest absolute Gasteiger partial charge is 0.468 e. The molecular formula is C7H12N4O4S2. The minimum atomic E-state index is -3.01. The van der Waals surface area contributed by atoms with E-state index in [1.165, 1.54) is 23.6 Å². The van der Waals surface area contributed by atoms with Gasteiger partial charge in [0.05, 0.1) is 12.9 Å². The van der Waals surface area contributed by atoms with Crippen molar-refractivity contribution in [3.8, 4) is 0 Å². The third kappa shape index (κ3) is 5.13. The highest BCUT2D eigenvalue weighted by Gasteiger charge is 2.12. The van der Waals surface area contributed by atoms with Crippen molar-refractivity contribution < 1.29 is 17.9 Å². The third-order valence-corrected chi connectivity index (χ3v) is 3.85. The normalized spacial score (nSPS) is 11.4. The number of rotatable bonds is 6. The van der Waals surface area contributed by atoms with Gasteiger partial charge in [0.25, 0.3) is 0 Å². The lowest BCUT2D eigenvalue weighted by molar-refractivity contribution is -0.141. The highest BCUT2D eigenvalue weighted by Crippen LogP contribution is 2.13. The van der Waals surface area contributed by atoms with E-state index < -0.39 is 15.8 Å². The summed E-state index contributed by atoms with van der Waals surface area (Å²) in [4.78, 5) is 11.0. The smallest absolute Gasteiger partial charge is 0.327 e. The molecule has 0 saturated carbocycles. The number of nitrogens with zero attached hydrogens (tertiary/aromatic N) is 4. The van der Waals surface area contributed by atoms with Crippen molar-refractivity contribution in [1.82, 2.24) is 20.2 Å². The molecule has 0 atom stereocenters. The van der Waals surface area contributed by atoms with Crippen molar-refractivity contribution >= 4 is 27.6 Å². The van der Waals surface area contributed by atoms with Crippen LogP contribution in [0.15, 0.2) is 5.16 Å². The average Bonchev–Trinajstić information content (AvgIpc) is 2.64. The lowest BCUT2D eigenvalue weighted by atomic mass is 10.7. The summed E-state index contributed by atoms with van der Waals surface area (Å²) >= 11 is 1.17. The van der Waals surface area contributed by atoms with Gasteiger partial charge in [-0.15, -0.1) is 5.10 Å². The second-order valence-corrected chi connectivity index (χ2v) is 6.50. The Morgan fingerprint density at radius 2 is 2.24 bits per heavy atom. The van der Waals surface area contributed by atoms with Crippen LogP contribution in [0.3, 0.4) is 0 Å². The molecule has 0 spiro atoms. The molecule has 0 aliphatic carbocycles. The van der Waals surface area contributed by atoms with Crippen molar-refractivity contribution in [3.05, 3.63) is 0 Å². The first-order chi connectivity index (χ1) is 7.92. The first-order valence-electron chi connectivity index (χ1n) is 4.56. The summed E-state index contributed by atoms with van der Waals surface area (Å²) < 4.78 is 27.6. The number of thioether (sulfide) groups is 1. The summed E-state index contributed by atoms with van der Waals surface area (Å²) in [5.74, 6) is -0.106. The summed E-state index contributed by atoms with van der Waals surface area (Å²) in [6.07, 6.45) is 1.16. The maximum Gasteiger partial charge on any atom is 0.327 e. The van der Waals surface area contributed by atoms with Crippen molar-refractivity contribution in [2.24, 2.45) is 0 Å². The zero-order chi connectivity index (χ0) is 12.9. The molecule has 1 rings (SSSR count). The van der Waals surface area contributed by atoms with Crippen LogP contribution in [-0.4, -0.2) is 59.5 Å². The monoisotopic (exact) mass is 280 g/mol. The topological polar surface area (TPSA) is 104 Å². The number of esters is 1. The minimum absolute atomic E-state index is 0.0305. The molecule has 0 amide bonds. The van der Waals surface area contributed by atoms with Gasteiger partial charge in [-0.2, -0.15) is 0 Å². The van der Waals surface area contributed by atoms with Crippen LogP contribution >= 0.6 is 11.8 Å². The number of methoxy groups -OCH3 is 1. The summed E-state index contributed by atoms with van der Waals surface area (Å²) in [5, 5.41) is 11.1. The molecule has 10 heteroatoms. The molecule has 0 N–H and O–H groups in total. The zero-order valence-electron chi connectivity index (χ0n) is 9.36. The van der Waals surface area contributed by atoms with Crippen molar-refractivity contribution in [2.45, 2.75) is 11.7 Å². The third-order valence-electron chi connectivity index (χ3n) is 1.69. The fraction of sp³-hybridized carbons (Fsp3) is 0.714. The number of carbonyl (C=O) groups is 1. The predicted molar refractivity (Wildman–Crippen MR) is 60.3 cm³/mol. The van der Waals surface area contributed by atoms with Gasteiger partial charge in [0.2, 0.25) is 5.16 Å². The van der Waals surface area contributed by atoms with E-state index in [1.54, 1.807) is 0 Å². The number of hydrogen-bond donors (Lipinski definition) is 0. The van der Waals surface area contributed by atoms with Gasteiger partial charge in [-0.3, -0.25) is 4.79 Å². The SMILES string of the molecule is COC(=O)Cn1nnnc1SCCS(C)(=O)=O. The van der Waals surface area contributed by atoms with E-state index in [4.69, 9.17) is 0 Å². The van der Waals surface area contributed by atoms with Gasteiger partial charge in [-0.1, -0.05) is 11.8 Å². The Morgan fingerprint density at radius 3 is 2.82 bits per heavy atom. The van der Waals surface area contributed by atoms with Gasteiger partial charge in [-0.05, 0) is 10.4 Å². The summed E-state index contributed by atoms with van der Waals surface area (Å²) in [7, 11) is -1.74. The van der Waals surface area contributed by atoms with Crippen LogP contribution < -0.4 is 0 Å². The fourth-order valence-electron chi connectivity index (χ4n) is 0.870. The molecule has 1 aromatic rings. The Kier molecular flexibility index (Phi) is 4.87. The van der Waals surface area contributed by atoms with Crippen LogP contribution in [0.2, 0.25) is 0 Å². The second kappa shape index (κ2) is 5.96. The van der Waals surface area contributed by atoms with Crippen LogP contribution in [-0.2, 0) is 25.9 Å². The standard InChI is InChI=1S/C7H12N4O4S2/c1-15-6(12)5-11-7(8-9-10-11)16-3-4-17(2,13)14/h3-5H2,1-2H3. The van der Waals surface area contributed by atoms with E-state index in [0.29, 0.717) is 10.9 Å². The number of hydrogen-bond acceptors (Lipinski definition) is 8. The van der Waals surface area contributed by atoms with Crippen LogP contribution in [0.4, 0.5) is 0 Å². The average molecular weight is 280 g/mol. The maximum atomic E-state index is 11.0. The van der Waals surface area contributed by atoms with E-state index in [9.17, 15) is 13.2 Å². The Hall–Kier alpha value is -1.16. The first-order valence-corrected chi connectivity index (χ1v) is 7.60. The van der Waals surface area contributed by atoms with Crippen LogP contribution in [0, 0.1) is 0 Å². The van der Waals surface area contributed by atoms with E-state index >= 15 is 0 Å². The van der Waals surface area contributed by atoms with Crippen molar-refractivity contribution in [3.63, 3.8) is 0 Å². The van der Waals surface area contributed by atoms with E-state index in [1.807, 2.05) is 0 Å². The quantitative estimate of drug-likeness (QED) is 0.482. The van der Waals surface area contributed by atoms with Crippen LogP contribution in [0.25, 0.3) is 0 Å². The first kappa shape index (κ1) is 13.9. The fourth-order valence-corrected chi connectivity index (χ4v) is 2.94. The molecule has 1 aromatic heterocycles. The molecule has 0 saturated heterocycles. The Labute approximate surface area is 103 Å². The predicted octanol–water partition coefficient (Wildman–Crippen LogP) is -1.02. The highest BCUT2D eigenvalue weighted by molar-refractivity contribution is 8.00. The van der Waals surface area contributed by atoms with E-state index in [-0.39, 0.29) is 12.3 Å². The lowest BCUT2D eigenvalue weighted by Gasteiger charge is -2.02. The van der Waals surface area contributed by atoms with Crippen molar-refractivity contribution in [2.75, 3.05) is 24.9 Å². The number of ether oxygens (including phenoxy) is 1. The van der Waals surface area contributed by atoms with Gasteiger partial charge in [0.15, 0.2) is 0 Å². The minimum Gasteiger partial charge on any atom is -0.468 e. The molecule has 1 heterocycles. The zero-order valence-corrected chi connectivity index (χ0v) is 11.0. The Balaban J connectivity index is 2.54. The van der Waals surface area contributed by atoms with Gasteiger partial charge >= 0.3 is 5.97 Å². The molecule has 17 heavy (non-hydrogen) atoms. The van der Waals surface area contributed by atoms with Crippen LogP contribution in [0.1, 0.15) is 0 Å². The second-order valence-electron chi connectivity index (χ2n) is 3.17. The molecule has 0 bridgehead atoms. The molecule has 0 aliphatic heterocycles. The van der Waals surface area contributed by atoms with Gasteiger partial charge in [0, 0.05) is 12.0 Å². The molecule has 0 aliphatic rings. The van der Waals surface area contributed by atoms with Gasteiger partial charge < -0.3 is 4.74 Å². The molecule has 0 radical (unpaired) electrons. The molecule has 8 nitrogen and oxygen atoms in total. The van der Waals surface area contributed by atoms with Gasteiger partial charge in [0.1, 0.15) is 16.4 Å². The molecule has 0 unspecified atom stereocenters. The van der Waals surface area contributed by atoms with E-state index in [2.05, 4.69) is 20.3 Å². The molecule has 0 aromatic carbocycles. The summed E-state index contributed by atoms with van der Waals surface area (Å²) in [6, 6.07) is 0. The number of tetrazole rings is 1. The molecule has 0 fully saturated rings. The lowest BCUT2D eigenvalue weighted by Crippen LogP contribution is -2.14. The Morgan fingerprint density at radius 1 is 1.53 bits per heavy atom. The molecular weight excluding hydrogens is 268 g/mol. The number of carbonyl (C=O) groups excluding carboxylic acids is 1. The summed E-state index contributed by atoms with van der Waals surface area (Å²) in [5.41, 5.74) is 0.